The van der Waals surface area contributed by atoms with Crippen molar-refractivity contribution in [2.24, 2.45) is 4.99 Å². The molecule has 0 radical (unpaired) electrons. The highest BCUT2D eigenvalue weighted by molar-refractivity contribution is 7.90. The van der Waals surface area contributed by atoms with E-state index in [9.17, 15) is 12.8 Å². The van der Waals surface area contributed by atoms with Crippen LogP contribution in [0.15, 0.2) is 52.4 Å². The molecule has 0 bridgehead atoms. The summed E-state index contributed by atoms with van der Waals surface area (Å²) in [4.78, 5) is 6.24. The van der Waals surface area contributed by atoms with Crippen LogP contribution in [-0.2, 0) is 16.4 Å². The lowest BCUT2D eigenvalue weighted by Crippen LogP contribution is -2.50. The summed E-state index contributed by atoms with van der Waals surface area (Å²) in [6.45, 7) is 1.52. The highest BCUT2D eigenvalue weighted by Crippen LogP contribution is 2.27. The molecule has 2 N–H and O–H groups in total. The van der Waals surface area contributed by atoms with E-state index in [1.807, 2.05) is 23.1 Å². The van der Waals surface area contributed by atoms with E-state index in [1.54, 1.807) is 14.2 Å². The summed E-state index contributed by atoms with van der Waals surface area (Å²) >= 11 is 0. The van der Waals surface area contributed by atoms with Crippen molar-refractivity contribution in [1.82, 2.24) is 14.9 Å². The van der Waals surface area contributed by atoms with Crippen LogP contribution in [0.4, 0.5) is 4.39 Å². The molecule has 1 aliphatic heterocycles. The van der Waals surface area contributed by atoms with Crippen molar-refractivity contribution < 1.29 is 22.3 Å². The Morgan fingerprint density at radius 3 is 2.48 bits per heavy atom. The molecule has 1 aliphatic rings. The predicted octanol–water partition coefficient (Wildman–Crippen LogP) is 1.54. The van der Waals surface area contributed by atoms with Gasteiger partial charge in [-0.2, -0.15) is 0 Å². The van der Waals surface area contributed by atoms with Gasteiger partial charge < -0.3 is 14.8 Å². The number of guanidine groups is 1. The third kappa shape index (κ3) is 5.36. The number of nitrogens with one attached hydrogen (secondary N) is 2. The Hall–Kier alpha value is -2.85. The van der Waals surface area contributed by atoms with Crippen LogP contribution in [0.1, 0.15) is 5.56 Å². The van der Waals surface area contributed by atoms with Crippen LogP contribution in [0.2, 0.25) is 0 Å². The molecule has 0 spiro atoms. The second-order valence-corrected chi connectivity index (χ2v) is 8.06. The van der Waals surface area contributed by atoms with Crippen molar-refractivity contribution >= 4 is 16.0 Å². The maximum absolute atomic E-state index is 13.0. The van der Waals surface area contributed by atoms with Gasteiger partial charge in [0.25, 0.3) is 10.0 Å². The normalized spacial score (nSPS) is 14.7. The molecular weight excluding hydrogens is 399 g/mol. The van der Waals surface area contributed by atoms with Crippen molar-refractivity contribution in [3.8, 4) is 11.5 Å². The fourth-order valence-electron chi connectivity index (χ4n) is 2.80. The van der Waals surface area contributed by atoms with E-state index in [-0.39, 0.29) is 10.9 Å². The van der Waals surface area contributed by atoms with Crippen LogP contribution < -0.4 is 19.5 Å². The maximum Gasteiger partial charge on any atom is 0.264 e. The molecule has 156 valence electrons. The summed E-state index contributed by atoms with van der Waals surface area (Å²) < 4.78 is 50.6. The van der Waals surface area contributed by atoms with Crippen LogP contribution in [0, 0.1) is 5.82 Å². The Morgan fingerprint density at radius 2 is 1.86 bits per heavy atom. The van der Waals surface area contributed by atoms with Crippen LogP contribution in [0.5, 0.6) is 11.5 Å². The molecule has 0 saturated carbocycles. The lowest BCUT2D eigenvalue weighted by molar-refractivity contribution is 0.266. The van der Waals surface area contributed by atoms with Gasteiger partial charge in [0.15, 0.2) is 11.5 Å². The first-order valence-electron chi connectivity index (χ1n) is 8.91. The minimum atomic E-state index is -3.82. The van der Waals surface area contributed by atoms with Crippen molar-refractivity contribution in [3.05, 3.63) is 53.8 Å². The molecule has 0 aromatic heterocycles. The molecule has 10 heteroatoms. The van der Waals surface area contributed by atoms with Gasteiger partial charge in [0.2, 0.25) is 5.96 Å². The summed E-state index contributed by atoms with van der Waals surface area (Å²) in [6, 6.07) is 10.4. The lowest BCUT2D eigenvalue weighted by Gasteiger charge is -2.27. The highest BCUT2D eigenvalue weighted by atomic mass is 32.2. The minimum absolute atomic E-state index is 0.0284. The van der Waals surface area contributed by atoms with Gasteiger partial charge in [-0.15, -0.1) is 0 Å². The first kappa shape index (κ1) is 20.9. The van der Waals surface area contributed by atoms with Gasteiger partial charge in [0.05, 0.1) is 32.5 Å². The largest absolute Gasteiger partial charge is 0.493 e. The molecule has 3 rings (SSSR count). The molecule has 29 heavy (non-hydrogen) atoms. The molecule has 1 heterocycles. The van der Waals surface area contributed by atoms with Crippen molar-refractivity contribution in [3.63, 3.8) is 0 Å². The van der Waals surface area contributed by atoms with Crippen molar-refractivity contribution in [2.45, 2.75) is 11.3 Å². The van der Waals surface area contributed by atoms with Gasteiger partial charge in [-0.05, 0) is 48.4 Å². The van der Waals surface area contributed by atoms with Gasteiger partial charge in [0.1, 0.15) is 5.82 Å². The van der Waals surface area contributed by atoms with Gasteiger partial charge >= 0.3 is 0 Å². The zero-order valence-electron chi connectivity index (χ0n) is 16.2. The molecule has 0 atom stereocenters. The molecule has 8 nitrogen and oxygen atoms in total. The Kier molecular flexibility index (Phi) is 6.55. The number of methoxy groups -OCH3 is 2. The van der Waals surface area contributed by atoms with Gasteiger partial charge in [0, 0.05) is 6.54 Å². The smallest absolute Gasteiger partial charge is 0.264 e. The molecule has 0 amide bonds. The average Bonchev–Trinajstić information content (AvgIpc) is 2.73. The fourth-order valence-corrected chi connectivity index (χ4v) is 3.81. The molecule has 0 aliphatic carbocycles. The first-order valence-corrected chi connectivity index (χ1v) is 10.4. The van der Waals surface area contributed by atoms with E-state index in [0.717, 1.165) is 30.7 Å². The van der Waals surface area contributed by atoms with Gasteiger partial charge in [-0.25, -0.2) is 22.5 Å². The van der Waals surface area contributed by atoms with Crippen LogP contribution >= 0.6 is 0 Å². The summed E-state index contributed by atoms with van der Waals surface area (Å²) in [5, 5.41) is 2.95. The maximum atomic E-state index is 13.0. The van der Waals surface area contributed by atoms with Crippen molar-refractivity contribution in [2.75, 3.05) is 34.1 Å². The van der Waals surface area contributed by atoms with E-state index in [4.69, 9.17) is 9.47 Å². The quantitative estimate of drug-likeness (QED) is 0.703. The fraction of sp³-hybridized carbons (Fsp3) is 0.316. The number of hydrogen-bond donors (Lipinski definition) is 2. The standard InChI is InChI=1S/C19H23FN4O4S/c1-27-17-8-3-14(11-18(17)28-2)9-10-24-12-21-19(22-13-24)23-29(25,26)16-6-4-15(20)5-7-16/h3-8,11H,9-10,12-13H2,1-2H3,(H2,21,22,23). The summed E-state index contributed by atoms with van der Waals surface area (Å²) in [7, 11) is -0.627. The first-order chi connectivity index (χ1) is 13.9. The van der Waals surface area contributed by atoms with Crippen molar-refractivity contribution in [1.29, 1.82) is 0 Å². The molecule has 2 aromatic rings. The Balaban J connectivity index is 1.55. The Bertz CT molecular complexity index is 980. The number of halogens is 1. The molecule has 0 fully saturated rings. The van der Waals surface area contributed by atoms with E-state index >= 15 is 0 Å². The lowest BCUT2D eigenvalue weighted by atomic mass is 10.1. The third-order valence-corrected chi connectivity index (χ3v) is 5.77. The molecule has 0 saturated heterocycles. The summed E-state index contributed by atoms with van der Waals surface area (Å²) in [5.41, 5.74) is 1.09. The molecule has 0 unspecified atom stereocenters. The number of benzene rings is 2. The predicted molar refractivity (Wildman–Crippen MR) is 107 cm³/mol. The van der Waals surface area contributed by atoms with Crippen LogP contribution in [-0.4, -0.2) is 53.4 Å². The number of ether oxygens (including phenoxy) is 2. The molecular formula is C19H23FN4O4S. The van der Waals surface area contributed by atoms with E-state index in [0.29, 0.717) is 24.8 Å². The number of sulfonamides is 1. The zero-order valence-corrected chi connectivity index (χ0v) is 17.0. The highest BCUT2D eigenvalue weighted by Gasteiger charge is 2.19. The van der Waals surface area contributed by atoms with Gasteiger partial charge in [-0.1, -0.05) is 6.07 Å². The number of aliphatic imine (C=N–C) groups is 1. The summed E-state index contributed by atoms with van der Waals surface area (Å²) in [5.74, 6) is 1.02. The second-order valence-electron chi connectivity index (χ2n) is 6.38. The van der Waals surface area contributed by atoms with E-state index in [2.05, 4.69) is 15.0 Å². The number of nitrogens with zero attached hydrogens (tertiary/aromatic N) is 2. The monoisotopic (exact) mass is 422 g/mol. The SMILES string of the molecule is COc1ccc(CCN2CN=C(NS(=O)(=O)c3ccc(F)cc3)NC2)cc1OC. The van der Waals surface area contributed by atoms with E-state index < -0.39 is 15.8 Å². The van der Waals surface area contributed by atoms with E-state index in [1.165, 1.54) is 12.1 Å². The number of rotatable bonds is 7. The Morgan fingerprint density at radius 1 is 1.14 bits per heavy atom. The van der Waals surface area contributed by atoms with Crippen LogP contribution in [0.25, 0.3) is 0 Å². The zero-order chi connectivity index (χ0) is 20.9. The third-order valence-electron chi connectivity index (χ3n) is 4.42. The average molecular weight is 422 g/mol. The van der Waals surface area contributed by atoms with Crippen LogP contribution in [0.3, 0.4) is 0 Å². The second kappa shape index (κ2) is 9.10. The topological polar surface area (TPSA) is 92.3 Å². The summed E-state index contributed by atoms with van der Waals surface area (Å²) in [6.07, 6.45) is 0.772. The molecule has 2 aromatic carbocycles. The number of hydrogen-bond acceptors (Lipinski definition) is 7. The minimum Gasteiger partial charge on any atom is -0.493 e. The van der Waals surface area contributed by atoms with Gasteiger partial charge in [-0.3, -0.25) is 4.90 Å². The Labute approximate surface area is 169 Å².